The Kier molecular flexibility index (Phi) is 5.40. The number of thiazole rings is 1. The maximum atomic E-state index is 9.43. The van der Waals surface area contributed by atoms with Crippen LogP contribution in [-0.2, 0) is 6.54 Å². The predicted octanol–water partition coefficient (Wildman–Crippen LogP) is 2.05. The highest BCUT2D eigenvalue weighted by Gasteiger charge is 2.03. The molecule has 1 aromatic heterocycles. The molecule has 1 rings (SSSR count). The lowest BCUT2D eigenvalue weighted by molar-refractivity contribution is 0.160. The Morgan fingerprint density at radius 2 is 2.50 bits per heavy atom. The SMILES string of the molecule is CCCC(O)CNCc1ncc(Cl)s1. The van der Waals surface area contributed by atoms with E-state index in [1.54, 1.807) is 6.20 Å². The smallest absolute Gasteiger partial charge is 0.113 e. The molecule has 0 bridgehead atoms. The van der Waals surface area contributed by atoms with Gasteiger partial charge in [0.1, 0.15) is 9.34 Å². The van der Waals surface area contributed by atoms with Gasteiger partial charge in [-0.05, 0) is 6.42 Å². The second kappa shape index (κ2) is 6.35. The Labute approximate surface area is 93.1 Å². The lowest BCUT2D eigenvalue weighted by atomic mass is 10.2. The molecule has 3 nitrogen and oxygen atoms in total. The molecule has 0 aliphatic carbocycles. The van der Waals surface area contributed by atoms with Crippen molar-refractivity contribution in [2.45, 2.75) is 32.4 Å². The average molecular weight is 235 g/mol. The third-order valence-electron chi connectivity index (χ3n) is 1.80. The summed E-state index contributed by atoms with van der Waals surface area (Å²) in [6.07, 6.45) is 3.24. The highest BCUT2D eigenvalue weighted by molar-refractivity contribution is 7.15. The van der Waals surface area contributed by atoms with Gasteiger partial charge in [0.2, 0.25) is 0 Å². The summed E-state index contributed by atoms with van der Waals surface area (Å²) in [4.78, 5) is 4.10. The van der Waals surface area contributed by atoms with Crippen LogP contribution in [0.25, 0.3) is 0 Å². The van der Waals surface area contributed by atoms with E-state index in [9.17, 15) is 5.11 Å². The summed E-state index contributed by atoms with van der Waals surface area (Å²) in [5, 5.41) is 13.5. The van der Waals surface area contributed by atoms with E-state index in [0.717, 1.165) is 17.8 Å². The summed E-state index contributed by atoms with van der Waals surface area (Å²) in [7, 11) is 0. The number of nitrogens with one attached hydrogen (secondary N) is 1. The molecule has 1 atom stereocenters. The topological polar surface area (TPSA) is 45.1 Å². The first kappa shape index (κ1) is 11.9. The molecule has 0 saturated heterocycles. The number of halogens is 1. The first-order valence-corrected chi connectivity index (χ1v) is 5.90. The molecule has 80 valence electrons. The van der Waals surface area contributed by atoms with Crippen LogP contribution >= 0.6 is 22.9 Å². The zero-order chi connectivity index (χ0) is 10.4. The quantitative estimate of drug-likeness (QED) is 0.792. The standard InChI is InChI=1S/C9H15ClN2OS/c1-2-3-7(13)4-11-6-9-12-5-8(10)14-9/h5,7,11,13H,2-4,6H2,1H3. The molecule has 0 saturated carbocycles. The fourth-order valence-electron chi connectivity index (χ4n) is 1.15. The lowest BCUT2D eigenvalue weighted by Gasteiger charge is -2.08. The summed E-state index contributed by atoms with van der Waals surface area (Å²) >= 11 is 7.19. The first-order valence-electron chi connectivity index (χ1n) is 4.71. The van der Waals surface area contributed by atoms with Crippen LogP contribution in [0.4, 0.5) is 0 Å². The van der Waals surface area contributed by atoms with Gasteiger partial charge in [0.15, 0.2) is 0 Å². The number of aliphatic hydroxyl groups excluding tert-OH is 1. The molecule has 0 aromatic carbocycles. The largest absolute Gasteiger partial charge is 0.392 e. The molecule has 0 aliphatic rings. The van der Waals surface area contributed by atoms with Crippen molar-refractivity contribution in [3.05, 3.63) is 15.5 Å². The van der Waals surface area contributed by atoms with E-state index in [1.165, 1.54) is 11.3 Å². The fraction of sp³-hybridized carbons (Fsp3) is 0.667. The van der Waals surface area contributed by atoms with E-state index in [0.29, 0.717) is 17.4 Å². The number of aliphatic hydroxyl groups is 1. The Morgan fingerprint density at radius 1 is 1.71 bits per heavy atom. The van der Waals surface area contributed by atoms with Gasteiger partial charge >= 0.3 is 0 Å². The van der Waals surface area contributed by atoms with Gasteiger partial charge in [-0.25, -0.2) is 4.98 Å². The van der Waals surface area contributed by atoms with Gasteiger partial charge in [0.05, 0.1) is 12.3 Å². The van der Waals surface area contributed by atoms with Crippen LogP contribution in [0.2, 0.25) is 4.34 Å². The second-order valence-corrected chi connectivity index (χ2v) is 4.88. The van der Waals surface area contributed by atoms with E-state index >= 15 is 0 Å². The number of hydrogen-bond acceptors (Lipinski definition) is 4. The van der Waals surface area contributed by atoms with E-state index in [-0.39, 0.29) is 6.10 Å². The first-order chi connectivity index (χ1) is 6.72. The van der Waals surface area contributed by atoms with Gasteiger partial charge in [-0.15, -0.1) is 11.3 Å². The van der Waals surface area contributed by atoms with Crippen LogP contribution in [0.15, 0.2) is 6.20 Å². The molecule has 0 aliphatic heterocycles. The van der Waals surface area contributed by atoms with Crippen LogP contribution in [0.3, 0.4) is 0 Å². The molecule has 0 amide bonds. The highest BCUT2D eigenvalue weighted by atomic mass is 35.5. The van der Waals surface area contributed by atoms with Crippen LogP contribution in [0.1, 0.15) is 24.8 Å². The van der Waals surface area contributed by atoms with Gasteiger partial charge in [-0.2, -0.15) is 0 Å². The highest BCUT2D eigenvalue weighted by Crippen LogP contribution is 2.17. The van der Waals surface area contributed by atoms with Crippen molar-refractivity contribution in [1.82, 2.24) is 10.3 Å². The maximum Gasteiger partial charge on any atom is 0.113 e. The van der Waals surface area contributed by atoms with Crippen LogP contribution in [-0.4, -0.2) is 22.7 Å². The van der Waals surface area contributed by atoms with Gasteiger partial charge in [0.25, 0.3) is 0 Å². The molecule has 0 fully saturated rings. The normalized spacial score (nSPS) is 13.1. The molecule has 1 unspecified atom stereocenters. The average Bonchev–Trinajstić information content (AvgIpc) is 2.52. The van der Waals surface area contributed by atoms with Gasteiger partial charge < -0.3 is 10.4 Å². The van der Waals surface area contributed by atoms with Crippen molar-refractivity contribution in [2.75, 3.05) is 6.54 Å². The summed E-state index contributed by atoms with van der Waals surface area (Å²) in [5.41, 5.74) is 0. The van der Waals surface area contributed by atoms with Crippen molar-refractivity contribution < 1.29 is 5.11 Å². The van der Waals surface area contributed by atoms with Gasteiger partial charge in [-0.1, -0.05) is 24.9 Å². The van der Waals surface area contributed by atoms with E-state index in [4.69, 9.17) is 11.6 Å². The van der Waals surface area contributed by atoms with E-state index in [1.807, 2.05) is 0 Å². The van der Waals surface area contributed by atoms with E-state index < -0.39 is 0 Å². The summed E-state index contributed by atoms with van der Waals surface area (Å²) < 4.78 is 0.705. The summed E-state index contributed by atoms with van der Waals surface area (Å²) in [5.74, 6) is 0. The third kappa shape index (κ3) is 4.37. The number of nitrogens with zero attached hydrogens (tertiary/aromatic N) is 1. The number of hydrogen-bond donors (Lipinski definition) is 2. The minimum atomic E-state index is -0.254. The van der Waals surface area contributed by atoms with Crippen molar-refractivity contribution >= 4 is 22.9 Å². The Hall–Kier alpha value is -0.160. The summed E-state index contributed by atoms with van der Waals surface area (Å²) in [6.45, 7) is 3.35. The molecule has 5 heteroatoms. The monoisotopic (exact) mass is 234 g/mol. The molecule has 1 heterocycles. The molecular weight excluding hydrogens is 220 g/mol. The van der Waals surface area contributed by atoms with Crippen molar-refractivity contribution in [3.63, 3.8) is 0 Å². The van der Waals surface area contributed by atoms with Crippen LogP contribution < -0.4 is 5.32 Å². The zero-order valence-electron chi connectivity index (χ0n) is 8.16. The molecule has 1 aromatic rings. The molecule has 14 heavy (non-hydrogen) atoms. The molecule has 0 spiro atoms. The Balaban J connectivity index is 2.15. The lowest BCUT2D eigenvalue weighted by Crippen LogP contribution is -2.26. The minimum Gasteiger partial charge on any atom is -0.392 e. The third-order valence-corrected chi connectivity index (χ3v) is 2.92. The second-order valence-electron chi connectivity index (χ2n) is 3.13. The predicted molar refractivity (Wildman–Crippen MR) is 59.7 cm³/mol. The number of rotatable bonds is 6. The van der Waals surface area contributed by atoms with Gasteiger partial charge in [-0.3, -0.25) is 0 Å². The molecule has 0 radical (unpaired) electrons. The number of aromatic nitrogens is 1. The summed E-state index contributed by atoms with van der Waals surface area (Å²) in [6, 6.07) is 0. The van der Waals surface area contributed by atoms with Gasteiger partial charge in [0, 0.05) is 13.1 Å². The molecule has 2 N–H and O–H groups in total. The van der Waals surface area contributed by atoms with E-state index in [2.05, 4.69) is 17.2 Å². The van der Waals surface area contributed by atoms with Crippen molar-refractivity contribution in [1.29, 1.82) is 0 Å². The fourth-order valence-corrected chi connectivity index (χ4v) is 2.08. The molecular formula is C9H15ClN2OS. The Bertz CT molecular complexity index is 267. The van der Waals surface area contributed by atoms with Crippen LogP contribution in [0.5, 0.6) is 0 Å². The zero-order valence-corrected chi connectivity index (χ0v) is 9.74. The van der Waals surface area contributed by atoms with Crippen molar-refractivity contribution in [2.24, 2.45) is 0 Å². The maximum absolute atomic E-state index is 9.43. The Morgan fingerprint density at radius 3 is 3.07 bits per heavy atom. The van der Waals surface area contributed by atoms with Crippen molar-refractivity contribution in [3.8, 4) is 0 Å². The van der Waals surface area contributed by atoms with Crippen LogP contribution in [0, 0.1) is 0 Å². The minimum absolute atomic E-state index is 0.254.